The van der Waals surface area contributed by atoms with Gasteiger partial charge in [-0.05, 0) is 43.9 Å². The van der Waals surface area contributed by atoms with E-state index in [9.17, 15) is 9.59 Å². The van der Waals surface area contributed by atoms with Crippen LogP contribution >= 0.6 is 0 Å². The van der Waals surface area contributed by atoms with Gasteiger partial charge in [0, 0.05) is 36.0 Å². The number of rotatable bonds is 4. The van der Waals surface area contributed by atoms with Gasteiger partial charge in [0.2, 0.25) is 0 Å². The third kappa shape index (κ3) is 4.84. The summed E-state index contributed by atoms with van der Waals surface area (Å²) in [7, 11) is 4.02. The Morgan fingerprint density at radius 1 is 0.938 bits per heavy atom. The number of fused-ring (bicyclic) bond motifs is 2. The first kappa shape index (κ1) is 22.7. The number of nitrogen functional groups attached to an aromatic ring is 1. The molecule has 0 fully saturated rings. The van der Waals surface area contributed by atoms with Crippen molar-refractivity contribution in [3.63, 3.8) is 0 Å². The number of nitrogens with zero attached hydrogens (tertiary/aromatic N) is 1. The van der Waals surface area contributed by atoms with E-state index in [0.717, 1.165) is 24.7 Å². The zero-order valence-electron chi connectivity index (χ0n) is 18.2. The van der Waals surface area contributed by atoms with E-state index < -0.39 is 5.97 Å². The number of ketones is 2. The molecular formula is C25H25N3O4. The van der Waals surface area contributed by atoms with Gasteiger partial charge in [-0.25, -0.2) is 0 Å². The van der Waals surface area contributed by atoms with Crippen LogP contribution in [-0.2, 0) is 11.3 Å². The summed E-state index contributed by atoms with van der Waals surface area (Å²) in [6.45, 7) is 1.89. The quantitative estimate of drug-likeness (QED) is 0.420. The molecule has 1 aliphatic carbocycles. The van der Waals surface area contributed by atoms with Crippen molar-refractivity contribution in [2.45, 2.75) is 13.5 Å². The lowest BCUT2D eigenvalue weighted by atomic mass is 9.82. The van der Waals surface area contributed by atoms with E-state index in [4.69, 9.17) is 15.6 Å². The van der Waals surface area contributed by atoms with E-state index in [2.05, 4.69) is 16.3 Å². The Morgan fingerprint density at radius 2 is 1.53 bits per heavy atom. The molecule has 0 radical (unpaired) electrons. The van der Waals surface area contributed by atoms with Crippen molar-refractivity contribution in [3.05, 3.63) is 88.5 Å². The number of nitrogens with one attached hydrogen (secondary N) is 1. The van der Waals surface area contributed by atoms with Gasteiger partial charge in [-0.2, -0.15) is 0 Å². The number of carbonyl (C=O) groups excluding carboxylic acids is 2. The van der Waals surface area contributed by atoms with Gasteiger partial charge in [0.1, 0.15) is 0 Å². The van der Waals surface area contributed by atoms with Crippen LogP contribution in [0.15, 0.2) is 60.7 Å². The van der Waals surface area contributed by atoms with Gasteiger partial charge < -0.3 is 21.1 Å². The van der Waals surface area contributed by atoms with Crippen LogP contribution in [0.2, 0.25) is 0 Å². The predicted molar refractivity (Wildman–Crippen MR) is 125 cm³/mol. The Hall–Kier alpha value is -3.97. The highest BCUT2D eigenvalue weighted by atomic mass is 16.4. The molecule has 0 atom stereocenters. The number of hydrogen-bond donors (Lipinski definition) is 3. The monoisotopic (exact) mass is 431 g/mol. The lowest BCUT2D eigenvalue weighted by molar-refractivity contribution is -0.134. The number of carboxylic acid groups (broad SMARTS) is 1. The van der Waals surface area contributed by atoms with Crippen LogP contribution in [0.3, 0.4) is 0 Å². The van der Waals surface area contributed by atoms with E-state index in [1.807, 2.05) is 32.3 Å². The molecule has 4 N–H and O–H groups in total. The average Bonchev–Trinajstić information content (AvgIpc) is 2.72. The molecule has 0 unspecified atom stereocenters. The molecule has 0 spiro atoms. The molecule has 0 aromatic heterocycles. The fourth-order valence-electron chi connectivity index (χ4n) is 3.62. The molecule has 0 saturated heterocycles. The van der Waals surface area contributed by atoms with E-state index in [0.29, 0.717) is 28.1 Å². The van der Waals surface area contributed by atoms with Crippen molar-refractivity contribution < 1.29 is 19.5 Å². The van der Waals surface area contributed by atoms with Gasteiger partial charge >= 0.3 is 0 Å². The van der Waals surface area contributed by atoms with Gasteiger partial charge in [0.05, 0.1) is 16.8 Å². The van der Waals surface area contributed by atoms with Gasteiger partial charge in [0.15, 0.2) is 11.6 Å². The minimum atomic E-state index is -0.833. The van der Waals surface area contributed by atoms with Crippen molar-refractivity contribution >= 4 is 34.6 Å². The second-order valence-electron chi connectivity index (χ2n) is 7.74. The highest BCUT2D eigenvalue weighted by molar-refractivity contribution is 6.31. The molecule has 164 valence electrons. The van der Waals surface area contributed by atoms with Crippen LogP contribution in [0.5, 0.6) is 0 Å². The zero-order chi connectivity index (χ0) is 23.4. The van der Waals surface area contributed by atoms with Crippen molar-refractivity contribution in [1.82, 2.24) is 4.90 Å². The minimum Gasteiger partial charge on any atom is -0.481 e. The van der Waals surface area contributed by atoms with E-state index in [1.54, 1.807) is 36.4 Å². The van der Waals surface area contributed by atoms with Gasteiger partial charge in [0.25, 0.3) is 5.97 Å². The van der Waals surface area contributed by atoms with Crippen LogP contribution in [-0.4, -0.2) is 41.6 Å². The molecule has 4 rings (SSSR count). The lowest BCUT2D eigenvalue weighted by Gasteiger charge is -2.22. The SMILES string of the molecule is CC(=O)O.CN(C)Cc1cccc(Nc2ccc(N)c3c2C(=O)c2ccccc2C3=O)c1. The summed E-state index contributed by atoms with van der Waals surface area (Å²) in [5.74, 6) is -1.24. The van der Waals surface area contributed by atoms with E-state index in [-0.39, 0.29) is 17.1 Å². The van der Waals surface area contributed by atoms with Crippen LogP contribution < -0.4 is 11.1 Å². The second kappa shape index (κ2) is 9.45. The zero-order valence-corrected chi connectivity index (χ0v) is 18.2. The molecule has 7 heteroatoms. The topological polar surface area (TPSA) is 113 Å². The Balaban J connectivity index is 0.000000668. The van der Waals surface area contributed by atoms with Crippen molar-refractivity contribution in [1.29, 1.82) is 0 Å². The second-order valence-corrected chi connectivity index (χ2v) is 7.74. The molecule has 32 heavy (non-hydrogen) atoms. The predicted octanol–water partition coefficient (Wildman–Crippen LogP) is 3.94. The maximum atomic E-state index is 13.2. The molecule has 0 amide bonds. The Labute approximate surface area is 186 Å². The molecular weight excluding hydrogens is 406 g/mol. The minimum absolute atomic E-state index is 0.190. The molecule has 3 aromatic rings. The van der Waals surface area contributed by atoms with Crippen LogP contribution in [0.1, 0.15) is 44.3 Å². The first-order valence-electron chi connectivity index (χ1n) is 10.00. The maximum Gasteiger partial charge on any atom is 0.300 e. The number of hydrogen-bond acceptors (Lipinski definition) is 6. The Kier molecular flexibility index (Phi) is 6.70. The molecule has 0 aliphatic heterocycles. The normalized spacial score (nSPS) is 11.9. The third-order valence-electron chi connectivity index (χ3n) is 4.81. The highest BCUT2D eigenvalue weighted by Crippen LogP contribution is 2.36. The molecule has 0 saturated carbocycles. The summed E-state index contributed by atoms with van der Waals surface area (Å²) in [5, 5.41) is 10.7. The smallest absolute Gasteiger partial charge is 0.300 e. The Morgan fingerprint density at radius 3 is 2.12 bits per heavy atom. The number of carbonyl (C=O) groups is 3. The fraction of sp³-hybridized carbons (Fsp3) is 0.160. The number of anilines is 3. The molecule has 1 aliphatic rings. The van der Waals surface area contributed by atoms with Crippen LogP contribution in [0.4, 0.5) is 17.1 Å². The molecule has 3 aromatic carbocycles. The third-order valence-corrected chi connectivity index (χ3v) is 4.81. The van der Waals surface area contributed by atoms with Crippen molar-refractivity contribution in [2.24, 2.45) is 0 Å². The largest absolute Gasteiger partial charge is 0.481 e. The standard InChI is InChI=1S/C23H21N3O2.C2H4O2/c1-26(2)13-14-6-5-7-15(12-14)25-19-11-10-18(24)20-21(19)23(28)17-9-4-3-8-16(17)22(20)27;1-2(3)4/h3-12,25H,13,24H2,1-2H3;1H3,(H,3,4). The van der Waals surface area contributed by atoms with Crippen molar-refractivity contribution in [2.75, 3.05) is 25.1 Å². The highest BCUT2D eigenvalue weighted by Gasteiger charge is 2.33. The summed E-state index contributed by atoms with van der Waals surface area (Å²) in [5.41, 5.74) is 10.4. The fourth-order valence-corrected chi connectivity index (χ4v) is 3.62. The number of nitrogens with two attached hydrogens (primary N) is 1. The van der Waals surface area contributed by atoms with Crippen LogP contribution in [0.25, 0.3) is 0 Å². The summed E-state index contributed by atoms with van der Waals surface area (Å²) in [6.07, 6.45) is 0. The summed E-state index contributed by atoms with van der Waals surface area (Å²) < 4.78 is 0. The number of benzene rings is 3. The van der Waals surface area contributed by atoms with Gasteiger partial charge in [-0.3, -0.25) is 14.4 Å². The van der Waals surface area contributed by atoms with E-state index >= 15 is 0 Å². The average molecular weight is 431 g/mol. The summed E-state index contributed by atoms with van der Waals surface area (Å²) >= 11 is 0. The summed E-state index contributed by atoms with van der Waals surface area (Å²) in [4.78, 5) is 37.3. The lowest BCUT2D eigenvalue weighted by Crippen LogP contribution is -2.23. The van der Waals surface area contributed by atoms with Crippen LogP contribution in [0, 0.1) is 0 Å². The molecule has 7 nitrogen and oxygen atoms in total. The first-order valence-corrected chi connectivity index (χ1v) is 10.00. The van der Waals surface area contributed by atoms with E-state index in [1.165, 1.54) is 0 Å². The van der Waals surface area contributed by atoms with Crippen molar-refractivity contribution in [3.8, 4) is 0 Å². The summed E-state index contributed by atoms with van der Waals surface area (Å²) in [6, 6.07) is 18.3. The molecule has 0 heterocycles. The van der Waals surface area contributed by atoms with Gasteiger partial charge in [-0.15, -0.1) is 0 Å². The number of carboxylic acids is 1. The Bertz CT molecular complexity index is 1200. The first-order chi connectivity index (χ1) is 15.2. The van der Waals surface area contributed by atoms with Gasteiger partial charge in [-0.1, -0.05) is 36.4 Å². The maximum absolute atomic E-state index is 13.2. The molecule has 0 bridgehead atoms. The number of aliphatic carboxylic acids is 1.